The minimum Gasteiger partial charge on any atom is -0.298 e. The normalized spacial score (nSPS) is 12.2. The quantitative estimate of drug-likeness (QED) is 0.905. The summed E-state index contributed by atoms with van der Waals surface area (Å²) < 4.78 is 59.8. The molecule has 1 amide bonds. The second-order valence-corrected chi connectivity index (χ2v) is 7.76. The molecule has 0 fully saturated rings. The summed E-state index contributed by atoms with van der Waals surface area (Å²) in [6.07, 6.45) is -3.51. The Hall–Kier alpha value is -1.94. The van der Waals surface area contributed by atoms with Crippen LogP contribution in [0.25, 0.3) is 0 Å². The minimum absolute atomic E-state index is 0.134. The molecule has 0 saturated heterocycles. The number of hydrogen-bond acceptors (Lipinski definition) is 5. The van der Waals surface area contributed by atoms with E-state index in [1.807, 2.05) is 0 Å². The highest BCUT2D eigenvalue weighted by Crippen LogP contribution is 2.31. The number of thiazole rings is 1. The maximum absolute atomic E-state index is 12.4. The van der Waals surface area contributed by atoms with Gasteiger partial charge < -0.3 is 0 Å². The highest BCUT2D eigenvalue weighted by molar-refractivity contribution is 7.89. The van der Waals surface area contributed by atoms with Crippen molar-refractivity contribution in [3.63, 3.8) is 0 Å². The second kappa shape index (κ2) is 6.28. The Morgan fingerprint density at radius 3 is 2.61 bits per heavy atom. The molecule has 0 aliphatic carbocycles. The van der Waals surface area contributed by atoms with E-state index in [1.54, 1.807) is 6.07 Å². The van der Waals surface area contributed by atoms with Crippen LogP contribution in [0.2, 0.25) is 0 Å². The molecule has 2 aromatic rings. The molecule has 1 aromatic heterocycles. The minimum atomic E-state index is -4.57. The smallest absolute Gasteiger partial charge is 0.298 e. The third-order valence-corrected chi connectivity index (χ3v) is 4.25. The van der Waals surface area contributed by atoms with Gasteiger partial charge in [-0.3, -0.25) is 10.1 Å². The van der Waals surface area contributed by atoms with Gasteiger partial charge in [-0.15, -0.1) is 11.3 Å². The number of hydrogen-bond donors (Lipinski definition) is 1. The Balaban J connectivity index is 2.15. The Morgan fingerprint density at radius 2 is 2.04 bits per heavy atom. The molecule has 10 heteroatoms. The van der Waals surface area contributed by atoms with Gasteiger partial charge in [0.15, 0.2) is 20.7 Å². The van der Waals surface area contributed by atoms with Crippen LogP contribution in [-0.4, -0.2) is 25.6 Å². The number of halogens is 3. The lowest BCUT2D eigenvalue weighted by Gasteiger charge is -2.05. The van der Waals surface area contributed by atoms with E-state index in [1.165, 1.54) is 18.2 Å². The molecule has 23 heavy (non-hydrogen) atoms. The number of rotatable bonds is 4. The summed E-state index contributed by atoms with van der Waals surface area (Å²) in [6.45, 7) is 0. The Labute approximate surface area is 134 Å². The molecule has 5 nitrogen and oxygen atoms in total. The van der Waals surface area contributed by atoms with E-state index in [2.05, 4.69) is 10.3 Å². The van der Waals surface area contributed by atoms with Crippen molar-refractivity contribution < 1.29 is 26.4 Å². The maximum Gasteiger partial charge on any atom is 0.434 e. The second-order valence-electron chi connectivity index (χ2n) is 4.76. The molecule has 0 atom stereocenters. The average molecular weight is 364 g/mol. The lowest BCUT2D eigenvalue weighted by atomic mass is 10.1. The first-order valence-corrected chi connectivity index (χ1v) is 9.09. The molecule has 0 bridgehead atoms. The van der Waals surface area contributed by atoms with E-state index >= 15 is 0 Å². The van der Waals surface area contributed by atoms with Gasteiger partial charge in [0.1, 0.15) is 0 Å². The summed E-state index contributed by atoms with van der Waals surface area (Å²) in [5, 5.41) is 2.88. The van der Waals surface area contributed by atoms with E-state index in [9.17, 15) is 26.4 Å². The van der Waals surface area contributed by atoms with Crippen LogP contribution in [0.4, 0.5) is 18.3 Å². The van der Waals surface area contributed by atoms with Gasteiger partial charge in [0.2, 0.25) is 0 Å². The van der Waals surface area contributed by atoms with E-state index < -0.39 is 27.6 Å². The molecule has 0 radical (unpaired) electrons. The average Bonchev–Trinajstić information content (AvgIpc) is 2.85. The maximum atomic E-state index is 12.4. The summed E-state index contributed by atoms with van der Waals surface area (Å²) in [5.41, 5.74) is -0.534. The fraction of sp³-hybridized carbons (Fsp3) is 0.231. The van der Waals surface area contributed by atoms with E-state index in [0.29, 0.717) is 16.9 Å². The fourth-order valence-electron chi connectivity index (χ4n) is 1.74. The van der Waals surface area contributed by atoms with Gasteiger partial charge in [-0.05, 0) is 17.7 Å². The molecular weight excluding hydrogens is 353 g/mol. The van der Waals surface area contributed by atoms with E-state index in [-0.39, 0.29) is 16.4 Å². The summed E-state index contributed by atoms with van der Waals surface area (Å²) in [4.78, 5) is 15.3. The molecule has 2 rings (SSSR count). The zero-order valence-corrected chi connectivity index (χ0v) is 13.3. The third-order valence-electron chi connectivity index (χ3n) is 2.63. The molecular formula is C13H11F3N2O3S2. The van der Waals surface area contributed by atoms with Gasteiger partial charge in [0.05, 0.1) is 5.75 Å². The van der Waals surface area contributed by atoms with Crippen LogP contribution in [0.15, 0.2) is 29.6 Å². The largest absolute Gasteiger partial charge is 0.434 e. The van der Waals surface area contributed by atoms with Crippen LogP contribution < -0.4 is 5.32 Å². The first-order chi connectivity index (χ1) is 10.5. The van der Waals surface area contributed by atoms with E-state index in [4.69, 9.17) is 0 Å². The Morgan fingerprint density at radius 1 is 1.35 bits per heavy atom. The van der Waals surface area contributed by atoms with Gasteiger partial charge in [0, 0.05) is 17.2 Å². The van der Waals surface area contributed by atoms with Crippen molar-refractivity contribution in [1.82, 2.24) is 4.98 Å². The highest BCUT2D eigenvalue weighted by atomic mass is 32.2. The summed E-state index contributed by atoms with van der Waals surface area (Å²) in [7, 11) is -3.26. The summed E-state index contributed by atoms with van der Waals surface area (Å²) in [6, 6.07) is 5.84. The van der Waals surface area contributed by atoms with Crippen LogP contribution >= 0.6 is 11.3 Å². The number of anilines is 1. The van der Waals surface area contributed by atoms with Crippen molar-refractivity contribution in [3.8, 4) is 0 Å². The van der Waals surface area contributed by atoms with Crippen molar-refractivity contribution in [1.29, 1.82) is 0 Å². The van der Waals surface area contributed by atoms with Crippen molar-refractivity contribution in [2.75, 3.05) is 11.6 Å². The zero-order chi connectivity index (χ0) is 17.3. The number of carbonyl (C=O) groups is 1. The summed E-state index contributed by atoms with van der Waals surface area (Å²) >= 11 is 0.655. The van der Waals surface area contributed by atoms with Gasteiger partial charge >= 0.3 is 6.18 Å². The first kappa shape index (κ1) is 17.4. The van der Waals surface area contributed by atoms with Crippen molar-refractivity contribution in [2.45, 2.75) is 11.9 Å². The lowest BCUT2D eigenvalue weighted by molar-refractivity contribution is -0.140. The third kappa shape index (κ3) is 5.03. The standard InChI is InChI=1S/C13H11F3N2O3S2/c1-23(20,21)7-8-3-2-4-9(5-8)11(19)18-12-17-10(6-22-12)13(14,15)16/h2-6H,7H2,1H3,(H,17,18,19). The number of benzene rings is 1. The molecule has 0 unspecified atom stereocenters. The molecule has 1 N–H and O–H groups in total. The number of sulfone groups is 1. The number of carbonyl (C=O) groups excluding carboxylic acids is 1. The Bertz CT molecular complexity index is 829. The van der Waals surface area contributed by atoms with Crippen LogP contribution in [0.5, 0.6) is 0 Å². The summed E-state index contributed by atoms with van der Waals surface area (Å²) in [5.74, 6) is -0.896. The zero-order valence-electron chi connectivity index (χ0n) is 11.7. The van der Waals surface area contributed by atoms with Gasteiger partial charge in [-0.1, -0.05) is 12.1 Å². The van der Waals surface area contributed by atoms with Gasteiger partial charge in [-0.25, -0.2) is 13.4 Å². The molecule has 0 aliphatic heterocycles. The topological polar surface area (TPSA) is 76.1 Å². The predicted octanol–water partition coefficient (Wildman–Crippen LogP) is 2.96. The van der Waals surface area contributed by atoms with E-state index in [0.717, 1.165) is 11.6 Å². The SMILES string of the molecule is CS(=O)(=O)Cc1cccc(C(=O)Nc2nc(C(F)(F)F)cs2)c1. The molecule has 1 aromatic carbocycles. The fourth-order valence-corrected chi connectivity index (χ4v) is 3.23. The van der Waals surface area contributed by atoms with Gasteiger partial charge in [-0.2, -0.15) is 13.2 Å². The van der Waals surface area contributed by atoms with Crippen LogP contribution in [-0.2, 0) is 21.8 Å². The number of aromatic nitrogens is 1. The Kier molecular flexibility index (Phi) is 4.76. The van der Waals surface area contributed by atoms with Crippen molar-refractivity contribution in [2.24, 2.45) is 0 Å². The number of nitrogens with zero attached hydrogens (tertiary/aromatic N) is 1. The molecule has 0 aliphatic rings. The van der Waals surface area contributed by atoms with Crippen LogP contribution in [0.1, 0.15) is 21.6 Å². The molecule has 0 saturated carbocycles. The molecule has 1 heterocycles. The van der Waals surface area contributed by atoms with Gasteiger partial charge in [0.25, 0.3) is 5.91 Å². The first-order valence-electron chi connectivity index (χ1n) is 6.15. The highest BCUT2D eigenvalue weighted by Gasteiger charge is 2.33. The van der Waals surface area contributed by atoms with Crippen molar-refractivity contribution in [3.05, 3.63) is 46.5 Å². The van der Waals surface area contributed by atoms with Crippen LogP contribution in [0.3, 0.4) is 0 Å². The number of alkyl halides is 3. The predicted molar refractivity (Wildman–Crippen MR) is 80.1 cm³/mol. The van der Waals surface area contributed by atoms with Crippen LogP contribution in [0, 0.1) is 0 Å². The molecule has 124 valence electrons. The number of amides is 1. The monoisotopic (exact) mass is 364 g/mol. The lowest BCUT2D eigenvalue weighted by Crippen LogP contribution is -2.13. The molecule has 0 spiro atoms. The van der Waals surface area contributed by atoms with Crippen molar-refractivity contribution >= 4 is 32.2 Å². The number of nitrogens with one attached hydrogen (secondary N) is 1.